The molecule has 2 aromatic carbocycles. The van der Waals surface area contributed by atoms with Gasteiger partial charge in [-0.25, -0.2) is 4.39 Å². The van der Waals surface area contributed by atoms with E-state index in [0.29, 0.717) is 34.1 Å². The lowest BCUT2D eigenvalue weighted by Gasteiger charge is -2.12. The molecule has 0 spiro atoms. The molecule has 0 aliphatic heterocycles. The topological polar surface area (TPSA) is 82.8 Å². The minimum Gasteiger partial charge on any atom is -0.493 e. The maximum atomic E-state index is 13.1. The van der Waals surface area contributed by atoms with Gasteiger partial charge in [0, 0.05) is 6.42 Å². The lowest BCUT2D eigenvalue weighted by molar-refractivity contribution is 0.257. The molecule has 0 atom stereocenters. The van der Waals surface area contributed by atoms with Gasteiger partial charge in [-0.2, -0.15) is 14.6 Å². The van der Waals surface area contributed by atoms with Gasteiger partial charge in [-0.15, -0.1) is 0 Å². The molecule has 0 unspecified atom stereocenters. The minimum atomic E-state index is -0.513. The first kappa shape index (κ1) is 22.6. The molecule has 0 aliphatic carbocycles. The van der Waals surface area contributed by atoms with Crippen LogP contribution in [0.2, 0.25) is 0 Å². The van der Waals surface area contributed by atoms with Gasteiger partial charge in [-0.1, -0.05) is 43.4 Å². The second-order valence-corrected chi connectivity index (χ2v) is 8.90. The zero-order chi connectivity index (χ0) is 23.5. The van der Waals surface area contributed by atoms with Crippen molar-refractivity contribution in [1.82, 2.24) is 14.6 Å². The highest BCUT2D eigenvalue weighted by Crippen LogP contribution is 2.28. The van der Waals surface area contributed by atoms with Gasteiger partial charge >= 0.3 is 0 Å². The molecule has 0 radical (unpaired) electrons. The Bertz CT molecular complexity index is 1460. The standard InChI is InChI=1S/C24H22FN3O4S/c1-14(2)13-32-19-9-6-16(11-20(19)31-3)12-21-23(30)28-24(33-21)26-22(29)18(27-28)10-15-4-7-17(25)8-5-15/h4-9,11-12,14H,10,13H2,1-3H3/b21-12+. The van der Waals surface area contributed by atoms with Crippen LogP contribution in [-0.2, 0) is 6.42 Å². The molecule has 0 amide bonds. The summed E-state index contributed by atoms with van der Waals surface area (Å²) < 4.78 is 25.8. The van der Waals surface area contributed by atoms with E-state index >= 15 is 0 Å². The molecule has 0 saturated heterocycles. The summed E-state index contributed by atoms with van der Waals surface area (Å²) in [6.07, 6.45) is 1.85. The van der Waals surface area contributed by atoms with Crippen molar-refractivity contribution in [1.29, 1.82) is 0 Å². The van der Waals surface area contributed by atoms with Crippen LogP contribution in [0.5, 0.6) is 11.5 Å². The molecule has 0 N–H and O–H groups in total. The summed E-state index contributed by atoms with van der Waals surface area (Å²) in [5, 5.41) is 4.22. The molecule has 7 nitrogen and oxygen atoms in total. The Kier molecular flexibility index (Phi) is 6.50. The Labute approximate surface area is 192 Å². The zero-order valence-corrected chi connectivity index (χ0v) is 19.2. The number of hydrogen-bond donors (Lipinski definition) is 0. The number of ether oxygens (including phenoxy) is 2. The number of fused-ring (bicyclic) bond motifs is 1. The Balaban J connectivity index is 1.70. The normalized spacial score (nSPS) is 12.0. The Morgan fingerprint density at radius 3 is 2.58 bits per heavy atom. The van der Waals surface area contributed by atoms with Crippen LogP contribution >= 0.6 is 11.3 Å². The van der Waals surface area contributed by atoms with Crippen molar-refractivity contribution in [3.05, 3.63) is 90.3 Å². The van der Waals surface area contributed by atoms with Crippen molar-refractivity contribution < 1.29 is 13.9 Å². The molecule has 33 heavy (non-hydrogen) atoms. The molecular weight excluding hydrogens is 445 g/mol. The molecule has 9 heteroatoms. The van der Waals surface area contributed by atoms with E-state index in [1.165, 1.54) is 12.1 Å². The van der Waals surface area contributed by atoms with Crippen molar-refractivity contribution in [2.24, 2.45) is 5.92 Å². The highest BCUT2D eigenvalue weighted by atomic mass is 32.1. The second kappa shape index (κ2) is 9.50. The SMILES string of the molecule is COc1cc(/C=c2/sc3nc(=O)c(Cc4ccc(F)cc4)nn3c2=O)ccc1OCC(C)C. The fourth-order valence-corrected chi connectivity index (χ4v) is 4.05. The summed E-state index contributed by atoms with van der Waals surface area (Å²) in [6.45, 7) is 4.68. The van der Waals surface area contributed by atoms with E-state index in [1.807, 2.05) is 6.07 Å². The van der Waals surface area contributed by atoms with E-state index in [4.69, 9.17) is 9.47 Å². The van der Waals surface area contributed by atoms with Gasteiger partial charge in [0.1, 0.15) is 11.5 Å². The third-order valence-electron chi connectivity index (χ3n) is 4.79. The van der Waals surface area contributed by atoms with Crippen molar-refractivity contribution in [3.8, 4) is 11.5 Å². The molecule has 0 aliphatic rings. The maximum Gasteiger partial charge on any atom is 0.296 e. The van der Waals surface area contributed by atoms with Crippen molar-refractivity contribution >= 4 is 22.4 Å². The van der Waals surface area contributed by atoms with Crippen LogP contribution in [0.25, 0.3) is 11.0 Å². The van der Waals surface area contributed by atoms with Gasteiger partial charge in [0.15, 0.2) is 11.5 Å². The van der Waals surface area contributed by atoms with Crippen LogP contribution in [0.1, 0.15) is 30.7 Å². The van der Waals surface area contributed by atoms with Gasteiger partial charge in [0.05, 0.1) is 18.2 Å². The van der Waals surface area contributed by atoms with E-state index in [0.717, 1.165) is 21.4 Å². The summed E-state index contributed by atoms with van der Waals surface area (Å²) in [5.41, 5.74) is 0.669. The zero-order valence-electron chi connectivity index (χ0n) is 18.4. The average Bonchev–Trinajstić information content (AvgIpc) is 3.08. The van der Waals surface area contributed by atoms with Crippen molar-refractivity contribution in [3.63, 3.8) is 0 Å². The number of aromatic nitrogens is 3. The highest BCUT2D eigenvalue weighted by Gasteiger charge is 2.12. The van der Waals surface area contributed by atoms with E-state index in [-0.39, 0.29) is 28.5 Å². The van der Waals surface area contributed by atoms with E-state index in [2.05, 4.69) is 23.9 Å². The third-order valence-corrected chi connectivity index (χ3v) is 5.75. The summed E-state index contributed by atoms with van der Waals surface area (Å²) in [5.74, 6) is 1.19. The third kappa shape index (κ3) is 5.09. The van der Waals surface area contributed by atoms with Crippen LogP contribution in [0.4, 0.5) is 4.39 Å². The lowest BCUT2D eigenvalue weighted by Crippen LogP contribution is -2.28. The molecule has 0 bridgehead atoms. The minimum absolute atomic E-state index is 0.119. The summed E-state index contributed by atoms with van der Waals surface area (Å²) >= 11 is 1.08. The Morgan fingerprint density at radius 1 is 1.12 bits per heavy atom. The van der Waals surface area contributed by atoms with Crippen LogP contribution in [0.3, 0.4) is 0 Å². The van der Waals surface area contributed by atoms with Crippen molar-refractivity contribution in [2.75, 3.05) is 13.7 Å². The number of halogens is 1. The smallest absolute Gasteiger partial charge is 0.296 e. The first-order valence-corrected chi connectivity index (χ1v) is 11.2. The number of hydrogen-bond acceptors (Lipinski definition) is 7. The average molecular weight is 468 g/mol. The van der Waals surface area contributed by atoms with Crippen LogP contribution in [0.15, 0.2) is 52.1 Å². The maximum absolute atomic E-state index is 13.1. The molecule has 4 rings (SSSR count). The van der Waals surface area contributed by atoms with Crippen LogP contribution < -0.4 is 25.1 Å². The molecule has 4 aromatic rings. The van der Waals surface area contributed by atoms with Crippen LogP contribution in [-0.4, -0.2) is 28.3 Å². The Hall–Kier alpha value is -3.59. The van der Waals surface area contributed by atoms with Gasteiger partial charge < -0.3 is 9.47 Å². The Morgan fingerprint density at radius 2 is 1.88 bits per heavy atom. The number of benzene rings is 2. The lowest BCUT2D eigenvalue weighted by atomic mass is 10.1. The van der Waals surface area contributed by atoms with E-state index < -0.39 is 5.56 Å². The molecule has 0 saturated carbocycles. The molecular formula is C24H22FN3O4S. The van der Waals surface area contributed by atoms with Crippen molar-refractivity contribution in [2.45, 2.75) is 20.3 Å². The summed E-state index contributed by atoms with van der Waals surface area (Å²) in [4.78, 5) is 29.6. The molecule has 170 valence electrons. The monoisotopic (exact) mass is 467 g/mol. The summed E-state index contributed by atoms with van der Waals surface area (Å²) in [6, 6.07) is 11.2. The first-order chi connectivity index (χ1) is 15.8. The number of methoxy groups -OCH3 is 1. The predicted molar refractivity (Wildman–Crippen MR) is 125 cm³/mol. The second-order valence-electron chi connectivity index (χ2n) is 7.89. The fraction of sp³-hybridized carbons (Fsp3) is 0.250. The van der Waals surface area contributed by atoms with Gasteiger partial charge in [-0.3, -0.25) is 9.59 Å². The fourth-order valence-electron chi connectivity index (χ4n) is 3.15. The quantitative estimate of drug-likeness (QED) is 0.416. The van der Waals surface area contributed by atoms with E-state index in [9.17, 15) is 14.0 Å². The molecule has 2 heterocycles. The van der Waals surface area contributed by atoms with E-state index in [1.54, 1.807) is 37.5 Å². The summed E-state index contributed by atoms with van der Waals surface area (Å²) in [7, 11) is 1.56. The largest absolute Gasteiger partial charge is 0.493 e. The number of rotatable bonds is 7. The van der Waals surface area contributed by atoms with Gasteiger partial charge in [0.25, 0.3) is 11.1 Å². The molecule has 2 aromatic heterocycles. The first-order valence-electron chi connectivity index (χ1n) is 10.3. The van der Waals surface area contributed by atoms with Crippen LogP contribution in [0, 0.1) is 11.7 Å². The highest BCUT2D eigenvalue weighted by molar-refractivity contribution is 7.15. The predicted octanol–water partition coefficient (Wildman–Crippen LogP) is 2.83. The van der Waals surface area contributed by atoms with Gasteiger partial charge in [-0.05, 0) is 47.4 Å². The number of thiazole rings is 1. The van der Waals surface area contributed by atoms with Gasteiger partial charge in [0.2, 0.25) is 4.96 Å². The molecule has 0 fully saturated rings. The number of nitrogens with zero attached hydrogens (tertiary/aromatic N) is 3.